The first-order chi connectivity index (χ1) is 17.6. The second kappa shape index (κ2) is 9.51. The summed E-state index contributed by atoms with van der Waals surface area (Å²) in [7, 11) is 0. The van der Waals surface area contributed by atoms with Crippen LogP contribution in [0, 0.1) is 0 Å². The lowest BCUT2D eigenvalue weighted by Gasteiger charge is -2.26. The smallest absolute Gasteiger partial charge is 0.410 e. The molecule has 0 radical (unpaired) electrons. The van der Waals surface area contributed by atoms with Crippen LogP contribution in [0.5, 0.6) is 5.75 Å². The third-order valence-electron chi connectivity index (χ3n) is 5.93. The highest BCUT2D eigenvalue weighted by Gasteiger charge is 2.28. The minimum atomic E-state index is -0.603. The maximum Gasteiger partial charge on any atom is 0.410 e. The van der Waals surface area contributed by atoms with Gasteiger partial charge in [-0.05, 0) is 56.9 Å². The number of H-pyrrole nitrogens is 1. The molecule has 5 rings (SSSR count). The fraction of sp³-hybridized carbons (Fsp3) is 0.400. The first-order valence-electron chi connectivity index (χ1n) is 11.9. The summed E-state index contributed by atoms with van der Waals surface area (Å²) >= 11 is 1.31. The normalized spacial score (nSPS) is 15.2. The Morgan fingerprint density at radius 3 is 2.86 bits per heavy atom. The zero-order valence-corrected chi connectivity index (χ0v) is 21.5. The van der Waals surface area contributed by atoms with Crippen molar-refractivity contribution in [2.24, 2.45) is 0 Å². The van der Waals surface area contributed by atoms with Crippen LogP contribution in [0.1, 0.15) is 53.8 Å². The first kappa shape index (κ1) is 24.8. The van der Waals surface area contributed by atoms with E-state index in [-0.39, 0.29) is 30.4 Å². The average Bonchev–Trinajstić information content (AvgIpc) is 3.04. The molecule has 194 valence electrons. The topological polar surface area (TPSA) is 143 Å². The van der Waals surface area contributed by atoms with Gasteiger partial charge in [0.25, 0.3) is 17.4 Å². The van der Waals surface area contributed by atoms with Crippen LogP contribution in [-0.2, 0) is 29.0 Å². The molecular formula is C25H27N5O6S. The van der Waals surface area contributed by atoms with Gasteiger partial charge < -0.3 is 30.0 Å². The highest BCUT2D eigenvalue weighted by atomic mass is 32.1. The van der Waals surface area contributed by atoms with Crippen LogP contribution in [-0.4, -0.2) is 51.5 Å². The Kier molecular flexibility index (Phi) is 6.36. The molecule has 37 heavy (non-hydrogen) atoms. The van der Waals surface area contributed by atoms with Gasteiger partial charge in [0.05, 0.1) is 17.6 Å². The molecule has 4 heterocycles. The number of aromatic amines is 1. The van der Waals surface area contributed by atoms with Crippen molar-refractivity contribution in [1.29, 1.82) is 0 Å². The number of amides is 3. The van der Waals surface area contributed by atoms with Gasteiger partial charge >= 0.3 is 6.09 Å². The van der Waals surface area contributed by atoms with Crippen LogP contribution in [0.3, 0.4) is 0 Å². The minimum absolute atomic E-state index is 0.0320. The number of rotatable bonds is 3. The number of ether oxygens (including phenoxy) is 2. The maximum atomic E-state index is 13.0. The Morgan fingerprint density at radius 2 is 2.08 bits per heavy atom. The van der Waals surface area contributed by atoms with Crippen molar-refractivity contribution < 1.29 is 23.9 Å². The lowest BCUT2D eigenvalue weighted by atomic mass is 10.1. The van der Waals surface area contributed by atoms with Gasteiger partial charge in [-0.25, -0.2) is 9.78 Å². The van der Waals surface area contributed by atoms with E-state index < -0.39 is 17.6 Å². The molecule has 12 heteroatoms. The van der Waals surface area contributed by atoms with Crippen molar-refractivity contribution in [2.75, 3.05) is 18.5 Å². The molecule has 2 aliphatic rings. The monoisotopic (exact) mass is 525 g/mol. The van der Waals surface area contributed by atoms with E-state index in [1.807, 2.05) is 20.8 Å². The van der Waals surface area contributed by atoms with Gasteiger partial charge in [-0.2, -0.15) is 0 Å². The molecule has 3 amide bonds. The molecule has 2 aliphatic heterocycles. The van der Waals surface area contributed by atoms with Crippen molar-refractivity contribution >= 4 is 45.1 Å². The number of aromatic nitrogens is 2. The van der Waals surface area contributed by atoms with Crippen LogP contribution >= 0.6 is 11.3 Å². The van der Waals surface area contributed by atoms with E-state index in [1.54, 1.807) is 23.1 Å². The summed E-state index contributed by atoms with van der Waals surface area (Å²) < 4.78 is 10.9. The van der Waals surface area contributed by atoms with E-state index >= 15 is 0 Å². The number of carbonyl (C=O) groups excluding carboxylic acids is 3. The second-order valence-electron chi connectivity index (χ2n) is 9.95. The van der Waals surface area contributed by atoms with E-state index in [0.717, 1.165) is 16.0 Å². The predicted molar refractivity (Wildman–Crippen MR) is 137 cm³/mol. The summed E-state index contributed by atoms with van der Waals surface area (Å²) in [4.78, 5) is 60.0. The van der Waals surface area contributed by atoms with Crippen LogP contribution in [0.25, 0.3) is 10.2 Å². The Bertz CT molecular complexity index is 1470. The van der Waals surface area contributed by atoms with E-state index in [1.165, 1.54) is 11.3 Å². The van der Waals surface area contributed by atoms with Crippen LogP contribution in [0.15, 0.2) is 23.0 Å². The van der Waals surface area contributed by atoms with E-state index in [9.17, 15) is 19.2 Å². The molecule has 0 fully saturated rings. The summed E-state index contributed by atoms with van der Waals surface area (Å²) in [6.07, 6.45) is 0.920. The third kappa shape index (κ3) is 5.29. The summed E-state index contributed by atoms with van der Waals surface area (Å²) in [6, 6.07) is 5.23. The number of carbonyl (C=O) groups is 3. The lowest BCUT2D eigenvalue weighted by Crippen LogP contribution is -2.36. The van der Waals surface area contributed by atoms with Gasteiger partial charge in [0.1, 0.15) is 16.2 Å². The standard InChI is InChI=1S/C25H27N5O6S/c1-25(2,3)36-24(34)30-8-4-5-14-17(11-30)37-23-19(14)21(32)28-20(29-23)22(33)26-10-13-6-7-16-15(9-13)27-18(31)12-35-16/h6-7,9H,4-5,8,10-12H2,1-3H3,(H,26,33)(H,27,31)(H,28,29,32). The van der Waals surface area contributed by atoms with Crippen molar-refractivity contribution in [3.05, 3.63) is 50.4 Å². The number of nitrogens with one attached hydrogen (secondary N) is 3. The lowest BCUT2D eigenvalue weighted by molar-refractivity contribution is -0.118. The summed E-state index contributed by atoms with van der Waals surface area (Å²) in [5.41, 5.74) is 1.16. The van der Waals surface area contributed by atoms with Gasteiger partial charge in [-0.3, -0.25) is 14.4 Å². The summed E-state index contributed by atoms with van der Waals surface area (Å²) in [6.45, 7) is 6.45. The first-order valence-corrected chi connectivity index (χ1v) is 12.8. The molecule has 0 spiro atoms. The quantitative estimate of drug-likeness (QED) is 0.477. The molecule has 0 saturated carbocycles. The predicted octanol–water partition coefficient (Wildman–Crippen LogP) is 2.93. The largest absolute Gasteiger partial charge is 0.482 e. The number of hydrogen-bond donors (Lipinski definition) is 3. The average molecular weight is 526 g/mol. The Morgan fingerprint density at radius 1 is 1.27 bits per heavy atom. The molecule has 3 aromatic rings. The molecule has 0 atom stereocenters. The van der Waals surface area contributed by atoms with Crippen LogP contribution in [0.2, 0.25) is 0 Å². The molecule has 0 bridgehead atoms. The van der Waals surface area contributed by atoms with Crippen LogP contribution in [0.4, 0.5) is 10.5 Å². The number of aryl methyl sites for hydroxylation is 1. The van der Waals surface area contributed by atoms with Crippen molar-refractivity contribution in [1.82, 2.24) is 20.2 Å². The molecule has 3 N–H and O–H groups in total. The molecule has 2 aromatic heterocycles. The van der Waals surface area contributed by atoms with Crippen molar-refractivity contribution in [2.45, 2.75) is 52.3 Å². The number of nitrogens with zero attached hydrogens (tertiary/aromatic N) is 2. The molecule has 0 aliphatic carbocycles. The summed E-state index contributed by atoms with van der Waals surface area (Å²) in [5, 5.41) is 5.95. The Labute approximate surface area is 216 Å². The highest BCUT2D eigenvalue weighted by Crippen LogP contribution is 2.33. The SMILES string of the molecule is CC(C)(C)OC(=O)N1CCCc2c(sc3nc(C(=O)NCc4ccc5c(c4)NC(=O)CO5)[nH]c(=O)c23)C1. The van der Waals surface area contributed by atoms with Gasteiger partial charge in [-0.1, -0.05) is 6.07 Å². The van der Waals surface area contributed by atoms with Gasteiger partial charge in [0, 0.05) is 18.0 Å². The Balaban J connectivity index is 1.34. The maximum absolute atomic E-state index is 13.0. The minimum Gasteiger partial charge on any atom is -0.482 e. The molecule has 11 nitrogen and oxygen atoms in total. The fourth-order valence-electron chi connectivity index (χ4n) is 4.30. The molecule has 0 saturated heterocycles. The second-order valence-corrected chi connectivity index (χ2v) is 11.0. The fourth-order valence-corrected chi connectivity index (χ4v) is 5.53. The Hall–Kier alpha value is -3.93. The van der Waals surface area contributed by atoms with E-state index in [0.29, 0.717) is 47.6 Å². The number of thiophene rings is 1. The third-order valence-corrected chi connectivity index (χ3v) is 7.04. The van der Waals surface area contributed by atoms with Crippen LogP contribution < -0.4 is 20.9 Å². The molecule has 0 unspecified atom stereocenters. The van der Waals surface area contributed by atoms with Crippen molar-refractivity contribution in [3.63, 3.8) is 0 Å². The van der Waals surface area contributed by atoms with Gasteiger partial charge in [0.2, 0.25) is 5.82 Å². The molecule has 1 aromatic carbocycles. The number of fused-ring (bicyclic) bond motifs is 4. The van der Waals surface area contributed by atoms with Crippen molar-refractivity contribution in [3.8, 4) is 5.75 Å². The van der Waals surface area contributed by atoms with Gasteiger partial charge in [0.15, 0.2) is 6.61 Å². The number of benzene rings is 1. The number of hydrogen-bond acceptors (Lipinski definition) is 8. The zero-order chi connectivity index (χ0) is 26.3. The number of anilines is 1. The highest BCUT2D eigenvalue weighted by molar-refractivity contribution is 7.18. The van der Waals surface area contributed by atoms with Gasteiger partial charge in [-0.15, -0.1) is 11.3 Å². The summed E-state index contributed by atoms with van der Waals surface area (Å²) in [5.74, 6) is -0.301. The van der Waals surface area contributed by atoms with E-state index in [4.69, 9.17) is 9.47 Å². The zero-order valence-electron chi connectivity index (χ0n) is 20.7. The van der Waals surface area contributed by atoms with E-state index in [2.05, 4.69) is 20.6 Å². The molecular weight excluding hydrogens is 498 g/mol.